The Morgan fingerprint density at radius 3 is 3.00 bits per heavy atom. The van der Waals surface area contributed by atoms with Gasteiger partial charge in [0.25, 0.3) is 5.56 Å². The first-order chi connectivity index (χ1) is 12.1. The van der Waals surface area contributed by atoms with Crippen LogP contribution in [0, 0.1) is 0 Å². The third-order valence-corrected chi connectivity index (χ3v) is 3.67. The Labute approximate surface area is 143 Å². The molecule has 0 saturated carbocycles. The summed E-state index contributed by atoms with van der Waals surface area (Å²) in [6.45, 7) is 3.29. The van der Waals surface area contributed by atoms with Crippen molar-refractivity contribution in [2.45, 2.75) is 19.9 Å². The first kappa shape index (κ1) is 16.9. The third kappa shape index (κ3) is 3.45. The van der Waals surface area contributed by atoms with E-state index in [0.29, 0.717) is 29.7 Å². The molecule has 9 nitrogen and oxygen atoms in total. The number of H-pyrrole nitrogens is 1. The molecule has 25 heavy (non-hydrogen) atoms. The van der Waals surface area contributed by atoms with Crippen LogP contribution in [0.4, 0.5) is 0 Å². The number of carbonyl (C=O) groups excluding carboxylic acids is 1. The molecule has 1 N–H and O–H groups in total. The van der Waals surface area contributed by atoms with Crippen LogP contribution in [0.2, 0.25) is 0 Å². The molecule has 3 rings (SSSR count). The van der Waals surface area contributed by atoms with Crippen LogP contribution in [0.3, 0.4) is 0 Å². The summed E-state index contributed by atoms with van der Waals surface area (Å²) in [6.07, 6.45) is 5.46. The minimum Gasteiger partial charge on any atom is -0.462 e. The Balaban J connectivity index is 1.91. The second-order valence-corrected chi connectivity index (χ2v) is 5.37. The van der Waals surface area contributed by atoms with Crippen LogP contribution in [0.5, 0.6) is 0 Å². The number of nitrogens with one attached hydrogen (secondary N) is 1. The van der Waals surface area contributed by atoms with Crippen LogP contribution in [-0.4, -0.2) is 50.6 Å². The van der Waals surface area contributed by atoms with Crippen LogP contribution < -0.4 is 5.56 Å². The minimum atomic E-state index is -0.471. The smallest absolute Gasteiger partial charge is 0.341 e. The average molecular weight is 345 g/mol. The van der Waals surface area contributed by atoms with Gasteiger partial charge >= 0.3 is 5.97 Å². The molecule has 0 radical (unpaired) electrons. The first-order valence-corrected chi connectivity index (χ1v) is 7.94. The number of aryl methyl sites for hydroxylation is 1. The van der Waals surface area contributed by atoms with Crippen LogP contribution in [0.1, 0.15) is 23.7 Å². The van der Waals surface area contributed by atoms with E-state index in [0.717, 1.165) is 6.42 Å². The van der Waals surface area contributed by atoms with Crippen molar-refractivity contribution >= 4 is 17.0 Å². The molecular formula is C16H19N5O4. The minimum absolute atomic E-state index is 0.239. The molecule has 3 aromatic heterocycles. The van der Waals surface area contributed by atoms with Crippen LogP contribution in [0.25, 0.3) is 17.0 Å². The van der Waals surface area contributed by atoms with Gasteiger partial charge in [0.05, 0.1) is 23.9 Å². The van der Waals surface area contributed by atoms with E-state index in [-0.39, 0.29) is 18.1 Å². The van der Waals surface area contributed by atoms with Crippen molar-refractivity contribution in [1.82, 2.24) is 24.3 Å². The second kappa shape index (κ2) is 7.31. The zero-order chi connectivity index (χ0) is 17.8. The molecule has 0 atom stereocenters. The highest BCUT2D eigenvalue weighted by atomic mass is 16.5. The van der Waals surface area contributed by atoms with E-state index in [2.05, 4.69) is 15.1 Å². The maximum Gasteiger partial charge on any atom is 0.341 e. The zero-order valence-electron chi connectivity index (χ0n) is 14.1. The molecule has 0 saturated heterocycles. The number of aromatic nitrogens is 5. The van der Waals surface area contributed by atoms with E-state index in [1.54, 1.807) is 20.1 Å². The lowest BCUT2D eigenvalue weighted by atomic mass is 10.4. The van der Waals surface area contributed by atoms with Crippen molar-refractivity contribution in [3.63, 3.8) is 0 Å². The molecule has 0 aromatic carbocycles. The van der Waals surface area contributed by atoms with Crippen LogP contribution in [-0.2, 0) is 16.0 Å². The molecule has 0 aliphatic rings. The SMILES string of the molecule is CCOC(=O)c1cnn(-c2nc3ccn(CCCOC)c3c(=O)[nH]2)c1. The summed E-state index contributed by atoms with van der Waals surface area (Å²) in [4.78, 5) is 31.3. The summed E-state index contributed by atoms with van der Waals surface area (Å²) in [6, 6.07) is 1.77. The van der Waals surface area contributed by atoms with Gasteiger partial charge in [0.1, 0.15) is 5.52 Å². The van der Waals surface area contributed by atoms with Crippen LogP contribution in [0.15, 0.2) is 29.5 Å². The number of methoxy groups -OCH3 is 1. The highest BCUT2D eigenvalue weighted by molar-refractivity contribution is 5.88. The lowest BCUT2D eigenvalue weighted by Crippen LogP contribution is -2.16. The van der Waals surface area contributed by atoms with Gasteiger partial charge in [-0.05, 0) is 19.4 Å². The summed E-state index contributed by atoms with van der Waals surface area (Å²) in [5.74, 6) is -0.232. The molecule has 9 heteroatoms. The van der Waals surface area contributed by atoms with Gasteiger partial charge in [-0.2, -0.15) is 5.10 Å². The van der Waals surface area contributed by atoms with Crippen molar-refractivity contribution in [2.24, 2.45) is 0 Å². The van der Waals surface area contributed by atoms with Gasteiger partial charge in [-0.15, -0.1) is 0 Å². The number of fused-ring (bicyclic) bond motifs is 1. The molecule has 0 aliphatic heterocycles. The van der Waals surface area contributed by atoms with Gasteiger partial charge in [0.15, 0.2) is 0 Å². The second-order valence-electron chi connectivity index (χ2n) is 5.37. The van der Waals surface area contributed by atoms with E-state index in [1.165, 1.54) is 17.1 Å². The number of esters is 1. The van der Waals surface area contributed by atoms with E-state index >= 15 is 0 Å². The van der Waals surface area contributed by atoms with E-state index in [1.807, 2.05) is 10.8 Å². The number of rotatable bonds is 7. The van der Waals surface area contributed by atoms with Crippen molar-refractivity contribution in [1.29, 1.82) is 0 Å². The Hall–Kier alpha value is -2.94. The Morgan fingerprint density at radius 2 is 2.24 bits per heavy atom. The third-order valence-electron chi connectivity index (χ3n) is 3.67. The number of hydrogen-bond acceptors (Lipinski definition) is 6. The van der Waals surface area contributed by atoms with Gasteiger partial charge in [-0.1, -0.05) is 0 Å². The molecule has 3 aromatic rings. The number of nitrogens with zero attached hydrogens (tertiary/aromatic N) is 4. The number of aromatic amines is 1. The first-order valence-electron chi connectivity index (χ1n) is 7.94. The molecule has 3 heterocycles. The topological polar surface area (TPSA) is 104 Å². The zero-order valence-corrected chi connectivity index (χ0v) is 14.1. The average Bonchev–Trinajstić information content (AvgIpc) is 3.23. The number of carbonyl (C=O) groups is 1. The maximum atomic E-state index is 12.5. The Kier molecular flexibility index (Phi) is 4.94. The number of ether oxygens (including phenoxy) is 2. The lowest BCUT2D eigenvalue weighted by Gasteiger charge is -2.05. The van der Waals surface area contributed by atoms with Crippen molar-refractivity contribution < 1.29 is 14.3 Å². The summed E-state index contributed by atoms with van der Waals surface area (Å²) in [5, 5.41) is 4.07. The molecule has 0 amide bonds. The van der Waals surface area contributed by atoms with Gasteiger partial charge < -0.3 is 14.0 Å². The van der Waals surface area contributed by atoms with E-state index in [9.17, 15) is 9.59 Å². The fourth-order valence-electron chi connectivity index (χ4n) is 2.53. The lowest BCUT2D eigenvalue weighted by molar-refractivity contribution is 0.0526. The van der Waals surface area contributed by atoms with E-state index in [4.69, 9.17) is 9.47 Å². The number of hydrogen-bond donors (Lipinski definition) is 1. The van der Waals surface area contributed by atoms with Gasteiger partial charge in [-0.25, -0.2) is 14.5 Å². The predicted molar refractivity (Wildman–Crippen MR) is 89.9 cm³/mol. The normalized spacial score (nSPS) is 11.1. The molecule has 0 unspecified atom stereocenters. The monoisotopic (exact) mass is 345 g/mol. The Bertz CT molecular complexity index is 940. The fourth-order valence-corrected chi connectivity index (χ4v) is 2.53. The highest BCUT2D eigenvalue weighted by Gasteiger charge is 2.14. The van der Waals surface area contributed by atoms with Crippen molar-refractivity contribution in [3.8, 4) is 5.95 Å². The Morgan fingerprint density at radius 1 is 1.40 bits per heavy atom. The van der Waals surface area contributed by atoms with Crippen molar-refractivity contribution in [3.05, 3.63) is 40.6 Å². The summed E-state index contributed by atoms with van der Waals surface area (Å²) in [5.41, 5.74) is 1.08. The quantitative estimate of drug-likeness (QED) is 0.508. The molecule has 0 aliphatic carbocycles. The summed E-state index contributed by atoms with van der Waals surface area (Å²) in [7, 11) is 1.64. The summed E-state index contributed by atoms with van der Waals surface area (Å²) >= 11 is 0. The molecule has 0 fully saturated rings. The summed E-state index contributed by atoms with van der Waals surface area (Å²) < 4.78 is 13.1. The predicted octanol–water partition coefficient (Wildman–Crippen LogP) is 1.12. The molecule has 0 bridgehead atoms. The van der Waals surface area contributed by atoms with E-state index < -0.39 is 5.97 Å². The fraction of sp³-hybridized carbons (Fsp3) is 0.375. The standard InChI is InChI=1S/C16H19N5O4/c1-3-25-15(23)11-9-17-21(10-11)16-18-12-5-7-20(6-4-8-24-2)13(12)14(22)19-16/h5,7,9-10H,3-4,6,8H2,1-2H3,(H,18,19,22). The molecule has 132 valence electrons. The largest absolute Gasteiger partial charge is 0.462 e. The molecule has 0 spiro atoms. The van der Waals surface area contributed by atoms with Gasteiger partial charge in [-0.3, -0.25) is 9.78 Å². The highest BCUT2D eigenvalue weighted by Crippen LogP contribution is 2.12. The van der Waals surface area contributed by atoms with Crippen LogP contribution >= 0.6 is 0 Å². The van der Waals surface area contributed by atoms with Gasteiger partial charge in [0.2, 0.25) is 5.95 Å². The maximum absolute atomic E-state index is 12.5. The molecular weight excluding hydrogens is 326 g/mol. The van der Waals surface area contributed by atoms with Crippen molar-refractivity contribution in [2.75, 3.05) is 20.3 Å². The van der Waals surface area contributed by atoms with Gasteiger partial charge in [0, 0.05) is 32.7 Å².